The zero-order valence-electron chi connectivity index (χ0n) is 22.9. The number of alkyl carbamates (subject to hydrolysis) is 1. The van der Waals surface area contributed by atoms with Crippen molar-refractivity contribution in [1.29, 1.82) is 0 Å². The maximum Gasteiger partial charge on any atom is 0.410 e. The minimum absolute atomic E-state index is 0.186. The zero-order chi connectivity index (χ0) is 27.8. The first-order valence-corrected chi connectivity index (χ1v) is 12.6. The summed E-state index contributed by atoms with van der Waals surface area (Å²) in [5.41, 5.74) is 1.61. The molecule has 2 N–H and O–H groups in total. The van der Waals surface area contributed by atoms with Gasteiger partial charge in [-0.25, -0.2) is 9.59 Å². The van der Waals surface area contributed by atoms with Crippen molar-refractivity contribution in [1.82, 2.24) is 5.32 Å². The van der Waals surface area contributed by atoms with Crippen molar-refractivity contribution < 1.29 is 23.8 Å². The Kier molecular flexibility index (Phi) is 14.4. The highest BCUT2D eigenvalue weighted by Gasteiger charge is 2.21. The minimum atomic E-state index is -0.858. The van der Waals surface area contributed by atoms with Crippen molar-refractivity contribution in [3.05, 3.63) is 87.2 Å². The number of methoxy groups -OCH3 is 1. The van der Waals surface area contributed by atoms with E-state index < -0.39 is 17.5 Å². The van der Waals surface area contributed by atoms with Gasteiger partial charge < -0.3 is 14.3 Å². The van der Waals surface area contributed by atoms with Crippen LogP contribution in [0.1, 0.15) is 95.2 Å². The third-order valence-electron chi connectivity index (χ3n) is 5.89. The monoisotopic (exact) mass is 511 g/mol. The summed E-state index contributed by atoms with van der Waals surface area (Å²) in [6.45, 7) is 9.62. The van der Waals surface area contributed by atoms with Crippen LogP contribution in [0, 0.1) is 0 Å². The van der Waals surface area contributed by atoms with Gasteiger partial charge >= 0.3 is 11.7 Å². The fraction of sp³-hybridized carbons (Fsp3) is 0.433. The fourth-order valence-corrected chi connectivity index (χ4v) is 3.49. The Hall–Kier alpha value is -3.61. The average Bonchev–Trinajstić information content (AvgIpc) is 2.86. The molecule has 7 nitrogen and oxygen atoms in total. The van der Waals surface area contributed by atoms with E-state index in [0.717, 1.165) is 31.3 Å². The second-order valence-corrected chi connectivity index (χ2v) is 9.11. The lowest BCUT2D eigenvalue weighted by molar-refractivity contribution is 0.102. The van der Waals surface area contributed by atoms with E-state index in [9.17, 15) is 19.5 Å². The molecule has 0 saturated carbocycles. The summed E-state index contributed by atoms with van der Waals surface area (Å²) < 4.78 is 9.84. The maximum absolute atomic E-state index is 12.8. The number of hydrogen-bond donors (Lipinski definition) is 2. The minimum Gasteiger partial charge on any atom is -0.507 e. The zero-order valence-corrected chi connectivity index (χ0v) is 22.9. The van der Waals surface area contributed by atoms with E-state index in [1.165, 1.54) is 24.9 Å². The van der Waals surface area contributed by atoms with E-state index in [0.29, 0.717) is 24.2 Å². The quantitative estimate of drug-likeness (QED) is 0.118. The van der Waals surface area contributed by atoms with E-state index in [4.69, 9.17) is 4.42 Å². The van der Waals surface area contributed by atoms with Crippen molar-refractivity contribution in [2.75, 3.05) is 7.11 Å². The highest BCUT2D eigenvalue weighted by molar-refractivity contribution is 6.09. The lowest BCUT2D eigenvalue weighted by atomic mass is 9.99. The molecule has 1 aromatic heterocycles. The number of carbonyl (C=O) groups is 2. The van der Waals surface area contributed by atoms with Crippen LogP contribution < -0.4 is 10.9 Å². The summed E-state index contributed by atoms with van der Waals surface area (Å²) in [5.74, 6) is -0.844. The molecule has 0 radical (unpaired) electrons. The number of rotatable bonds is 14. The normalized spacial score (nSPS) is 13.8. The largest absolute Gasteiger partial charge is 0.507 e. The predicted molar refractivity (Wildman–Crippen MR) is 148 cm³/mol. The molecule has 0 aliphatic rings. The standard InChI is InChI=1S/C30H41NO6/c1-7-8-9-13-21(2)14-12-15-22(3)17-18-24(5)28(33)27-25(32)20-26(37-29(27)34)23(4)16-10-11-19-31-30(35)36-6/h7-8,11,13,17-20,23,32H,9-10,12,14-16H2,1-6H3,(H,31,35)/b8-7?,19-11?,21-13-,22-17?,24-18?/t23-/m1/s1. The Morgan fingerprint density at radius 2 is 1.84 bits per heavy atom. The Morgan fingerprint density at radius 3 is 2.49 bits per heavy atom. The number of ketones is 1. The molecular weight excluding hydrogens is 470 g/mol. The van der Waals surface area contributed by atoms with Crippen LogP contribution in [0.15, 0.2) is 74.7 Å². The summed E-state index contributed by atoms with van der Waals surface area (Å²) in [6, 6.07) is 1.33. The lowest BCUT2D eigenvalue weighted by Crippen LogP contribution is -2.16. The number of nitrogens with one attached hydrogen (secondary N) is 1. The van der Waals surface area contributed by atoms with Gasteiger partial charge in [0.25, 0.3) is 0 Å². The van der Waals surface area contributed by atoms with E-state index >= 15 is 0 Å². The maximum atomic E-state index is 12.8. The molecule has 0 aliphatic heterocycles. The predicted octanol–water partition coefficient (Wildman–Crippen LogP) is 7.26. The summed E-state index contributed by atoms with van der Waals surface area (Å²) in [5, 5.41) is 12.9. The summed E-state index contributed by atoms with van der Waals surface area (Å²) in [6.07, 6.45) is 17.7. The second-order valence-electron chi connectivity index (χ2n) is 9.11. The molecule has 0 bridgehead atoms. The number of hydrogen-bond acceptors (Lipinski definition) is 6. The Bertz CT molecular complexity index is 1120. The van der Waals surface area contributed by atoms with Crippen LogP contribution >= 0.6 is 0 Å². The molecule has 37 heavy (non-hydrogen) atoms. The molecule has 0 fully saturated rings. The van der Waals surface area contributed by atoms with Gasteiger partial charge in [0.2, 0.25) is 0 Å². The van der Waals surface area contributed by atoms with Gasteiger partial charge in [-0.05, 0) is 71.8 Å². The average molecular weight is 512 g/mol. The van der Waals surface area contributed by atoms with Gasteiger partial charge in [-0.15, -0.1) is 0 Å². The van der Waals surface area contributed by atoms with E-state index in [1.54, 1.807) is 19.1 Å². The molecule has 1 rings (SSSR count). The summed E-state index contributed by atoms with van der Waals surface area (Å²) >= 11 is 0. The Morgan fingerprint density at radius 1 is 1.14 bits per heavy atom. The molecule has 0 spiro atoms. The first-order chi connectivity index (χ1) is 17.6. The molecule has 1 heterocycles. The van der Waals surface area contributed by atoms with Gasteiger partial charge in [0.15, 0.2) is 5.78 Å². The molecule has 7 heteroatoms. The fourth-order valence-electron chi connectivity index (χ4n) is 3.49. The van der Waals surface area contributed by atoms with Gasteiger partial charge in [0, 0.05) is 18.2 Å². The van der Waals surface area contributed by atoms with Crippen LogP contribution in [-0.2, 0) is 4.74 Å². The highest BCUT2D eigenvalue weighted by Crippen LogP contribution is 2.26. The Labute approximate surface area is 220 Å². The molecule has 1 aromatic rings. The van der Waals surface area contributed by atoms with E-state index in [-0.39, 0.29) is 17.2 Å². The van der Waals surface area contributed by atoms with Gasteiger partial charge in [0.1, 0.15) is 17.1 Å². The van der Waals surface area contributed by atoms with Crippen LogP contribution in [0.4, 0.5) is 4.79 Å². The van der Waals surface area contributed by atoms with E-state index in [1.807, 2.05) is 32.9 Å². The lowest BCUT2D eigenvalue weighted by Gasteiger charge is -2.11. The molecule has 0 unspecified atom stereocenters. The van der Waals surface area contributed by atoms with Crippen molar-refractivity contribution in [2.24, 2.45) is 0 Å². The van der Waals surface area contributed by atoms with Crippen LogP contribution in [-0.4, -0.2) is 24.1 Å². The van der Waals surface area contributed by atoms with Gasteiger partial charge in [-0.3, -0.25) is 10.1 Å². The van der Waals surface area contributed by atoms with Crippen LogP contribution in [0.2, 0.25) is 0 Å². The molecule has 0 aliphatic carbocycles. The third kappa shape index (κ3) is 11.8. The topological polar surface area (TPSA) is 106 Å². The third-order valence-corrected chi connectivity index (χ3v) is 5.89. The first kappa shape index (κ1) is 31.4. The highest BCUT2D eigenvalue weighted by atomic mass is 16.5. The number of allylic oxidation sites excluding steroid dienone is 9. The van der Waals surface area contributed by atoms with Crippen LogP contribution in [0.3, 0.4) is 0 Å². The summed E-state index contributed by atoms with van der Waals surface area (Å²) in [7, 11) is 1.28. The number of aromatic hydroxyl groups is 1. The van der Waals surface area contributed by atoms with Crippen molar-refractivity contribution in [3.63, 3.8) is 0 Å². The van der Waals surface area contributed by atoms with Crippen molar-refractivity contribution in [2.45, 2.75) is 79.1 Å². The van der Waals surface area contributed by atoms with Gasteiger partial charge in [-0.2, -0.15) is 0 Å². The SMILES string of the molecule is CC=CC/C=C(/C)CCCC(C)=CC=C(C)C(=O)c1c(O)cc([C@H](C)CCC=CNC(=O)OC)oc1=O. The van der Waals surface area contributed by atoms with Gasteiger partial charge in [-0.1, -0.05) is 54.5 Å². The molecule has 0 saturated heterocycles. The smallest absolute Gasteiger partial charge is 0.410 e. The number of Topliss-reactive ketones (excluding diaryl/α,β-unsaturated/α-hetero) is 1. The Balaban J connectivity index is 2.77. The van der Waals surface area contributed by atoms with Crippen LogP contribution in [0.5, 0.6) is 5.75 Å². The molecule has 202 valence electrons. The molecular formula is C30H41NO6. The number of amides is 1. The molecule has 1 atom stereocenters. The summed E-state index contributed by atoms with van der Waals surface area (Å²) in [4.78, 5) is 36.4. The van der Waals surface area contributed by atoms with Gasteiger partial charge in [0.05, 0.1) is 7.11 Å². The van der Waals surface area contributed by atoms with E-state index in [2.05, 4.69) is 29.1 Å². The second kappa shape index (κ2) is 17.0. The number of ether oxygens (including phenoxy) is 1. The van der Waals surface area contributed by atoms with Crippen molar-refractivity contribution in [3.8, 4) is 5.75 Å². The first-order valence-electron chi connectivity index (χ1n) is 12.6. The number of carbonyl (C=O) groups excluding carboxylic acids is 2. The molecule has 0 aromatic carbocycles. The molecule has 1 amide bonds. The van der Waals surface area contributed by atoms with Crippen molar-refractivity contribution >= 4 is 11.9 Å². The van der Waals surface area contributed by atoms with Crippen LogP contribution in [0.25, 0.3) is 0 Å².